The Kier molecular flexibility index (Phi) is 8.91. The molecule has 9 heteroatoms. The van der Waals surface area contributed by atoms with E-state index >= 15 is 0 Å². The predicted molar refractivity (Wildman–Crippen MR) is 107 cm³/mol. The van der Waals surface area contributed by atoms with Crippen LogP contribution in [0.25, 0.3) is 0 Å². The molecule has 0 bridgehead atoms. The van der Waals surface area contributed by atoms with Crippen molar-refractivity contribution in [2.45, 2.75) is 90.9 Å². The van der Waals surface area contributed by atoms with E-state index in [1.54, 1.807) is 41.5 Å². The van der Waals surface area contributed by atoms with Gasteiger partial charge in [-0.3, -0.25) is 14.9 Å². The van der Waals surface area contributed by atoms with Gasteiger partial charge in [-0.1, -0.05) is 0 Å². The van der Waals surface area contributed by atoms with Crippen LogP contribution >= 0.6 is 0 Å². The van der Waals surface area contributed by atoms with Crippen LogP contribution in [0, 0.1) is 5.92 Å². The number of alkyl carbamates (subject to hydrolysis) is 2. The fraction of sp³-hybridized carbons (Fsp3) is 0.800. The van der Waals surface area contributed by atoms with Crippen molar-refractivity contribution in [2.24, 2.45) is 5.92 Å². The molecule has 0 spiro atoms. The SMILES string of the molecule is CC(C)(C)OC(=O)NCCCCC(C[C@H]1CC(=O)NC1=O)NC(=O)OC(C)(C)C. The van der Waals surface area contributed by atoms with Gasteiger partial charge in [0.2, 0.25) is 11.8 Å². The number of carbonyl (C=O) groups is 4. The lowest BCUT2D eigenvalue weighted by Gasteiger charge is -2.24. The third-order valence-corrected chi connectivity index (χ3v) is 4.00. The van der Waals surface area contributed by atoms with E-state index in [0.29, 0.717) is 32.2 Å². The maximum absolute atomic E-state index is 12.1. The standard InChI is InChI=1S/C20H35N3O6/c1-19(2,3)28-17(26)21-10-8-7-9-14(22-18(27)29-20(4,5)6)11-13-12-15(24)23-16(13)25/h13-14H,7-12H2,1-6H3,(H,21,26)(H,22,27)(H,23,24,25)/t13-,14?/m0/s1. The largest absolute Gasteiger partial charge is 0.444 e. The van der Waals surface area contributed by atoms with Gasteiger partial charge >= 0.3 is 12.2 Å². The minimum Gasteiger partial charge on any atom is -0.444 e. The van der Waals surface area contributed by atoms with Crippen molar-refractivity contribution in [2.75, 3.05) is 6.54 Å². The first-order valence-electron chi connectivity index (χ1n) is 10.1. The lowest BCUT2D eigenvalue weighted by molar-refractivity contribution is -0.126. The molecule has 0 aromatic rings. The van der Waals surface area contributed by atoms with Gasteiger partial charge < -0.3 is 20.1 Å². The number of nitrogens with one attached hydrogen (secondary N) is 3. The molecule has 166 valence electrons. The highest BCUT2D eigenvalue weighted by Crippen LogP contribution is 2.20. The summed E-state index contributed by atoms with van der Waals surface area (Å²) in [4.78, 5) is 47.1. The normalized spacial score (nSPS) is 18.1. The molecule has 0 aliphatic carbocycles. The molecule has 0 aromatic carbocycles. The van der Waals surface area contributed by atoms with E-state index in [1.807, 2.05) is 0 Å². The fourth-order valence-corrected chi connectivity index (χ4v) is 2.88. The molecule has 29 heavy (non-hydrogen) atoms. The molecule has 1 unspecified atom stereocenters. The summed E-state index contributed by atoms with van der Waals surface area (Å²) in [5.74, 6) is -1.06. The van der Waals surface area contributed by atoms with Gasteiger partial charge in [-0.15, -0.1) is 0 Å². The zero-order valence-corrected chi connectivity index (χ0v) is 18.3. The first-order valence-corrected chi connectivity index (χ1v) is 10.1. The highest BCUT2D eigenvalue weighted by Gasteiger charge is 2.33. The molecule has 4 amide bonds. The van der Waals surface area contributed by atoms with E-state index in [9.17, 15) is 19.2 Å². The van der Waals surface area contributed by atoms with Gasteiger partial charge in [0.1, 0.15) is 11.2 Å². The first-order chi connectivity index (χ1) is 13.2. The summed E-state index contributed by atoms with van der Waals surface area (Å²) in [5.41, 5.74) is -1.18. The summed E-state index contributed by atoms with van der Waals surface area (Å²) in [6.07, 6.45) is 1.44. The summed E-state index contributed by atoms with van der Waals surface area (Å²) in [7, 11) is 0. The highest BCUT2D eigenvalue weighted by molar-refractivity contribution is 6.03. The van der Waals surface area contributed by atoms with Crippen LogP contribution in [0.2, 0.25) is 0 Å². The fourth-order valence-electron chi connectivity index (χ4n) is 2.88. The van der Waals surface area contributed by atoms with Crippen molar-refractivity contribution in [1.29, 1.82) is 0 Å². The van der Waals surface area contributed by atoms with Crippen LogP contribution in [-0.4, -0.2) is 47.8 Å². The Morgan fingerprint density at radius 2 is 1.62 bits per heavy atom. The minimum absolute atomic E-state index is 0.130. The second-order valence-corrected chi connectivity index (χ2v) is 9.32. The Labute approximate surface area is 172 Å². The topological polar surface area (TPSA) is 123 Å². The zero-order valence-electron chi connectivity index (χ0n) is 18.3. The maximum atomic E-state index is 12.1. The molecule has 1 aliphatic rings. The van der Waals surface area contributed by atoms with Gasteiger partial charge in [-0.2, -0.15) is 0 Å². The van der Waals surface area contributed by atoms with Crippen LogP contribution in [0.15, 0.2) is 0 Å². The quantitative estimate of drug-likeness (QED) is 0.415. The van der Waals surface area contributed by atoms with Crippen molar-refractivity contribution in [1.82, 2.24) is 16.0 Å². The Balaban J connectivity index is 2.49. The van der Waals surface area contributed by atoms with Crippen molar-refractivity contribution in [3.05, 3.63) is 0 Å². The molecule has 1 aliphatic heterocycles. The predicted octanol–water partition coefficient (Wildman–Crippen LogP) is 2.63. The van der Waals surface area contributed by atoms with Crippen molar-refractivity contribution >= 4 is 24.0 Å². The summed E-state index contributed by atoms with van der Waals surface area (Å²) in [5, 5.41) is 7.78. The van der Waals surface area contributed by atoms with Gasteiger partial charge in [-0.25, -0.2) is 9.59 Å². The van der Waals surface area contributed by atoms with Crippen molar-refractivity contribution in [3.63, 3.8) is 0 Å². The molecule has 1 saturated heterocycles. The summed E-state index contributed by atoms with van der Waals surface area (Å²) >= 11 is 0. The third kappa shape index (κ3) is 11.3. The van der Waals surface area contributed by atoms with E-state index in [2.05, 4.69) is 16.0 Å². The van der Waals surface area contributed by atoms with Gasteiger partial charge in [0.05, 0.1) is 0 Å². The molecule has 1 fully saturated rings. The lowest BCUT2D eigenvalue weighted by Crippen LogP contribution is -2.41. The molecule has 1 heterocycles. The van der Waals surface area contributed by atoms with E-state index in [1.165, 1.54) is 0 Å². The number of rotatable bonds is 8. The Morgan fingerprint density at radius 3 is 2.14 bits per heavy atom. The van der Waals surface area contributed by atoms with E-state index < -0.39 is 29.3 Å². The van der Waals surface area contributed by atoms with Gasteiger partial charge in [-0.05, 0) is 67.2 Å². The van der Waals surface area contributed by atoms with Gasteiger partial charge in [0, 0.05) is 24.9 Å². The average molecular weight is 414 g/mol. The summed E-state index contributed by atoms with van der Waals surface area (Å²) in [6.45, 7) is 11.1. The Hall–Kier alpha value is -2.32. The molecule has 2 atom stereocenters. The third-order valence-electron chi connectivity index (χ3n) is 4.00. The van der Waals surface area contributed by atoms with Crippen molar-refractivity contribution in [3.8, 4) is 0 Å². The maximum Gasteiger partial charge on any atom is 0.407 e. The number of hydrogen-bond donors (Lipinski definition) is 3. The van der Waals surface area contributed by atoms with Gasteiger partial charge in [0.15, 0.2) is 0 Å². The van der Waals surface area contributed by atoms with Crippen LogP contribution in [0.5, 0.6) is 0 Å². The van der Waals surface area contributed by atoms with Gasteiger partial charge in [0.25, 0.3) is 0 Å². The highest BCUT2D eigenvalue weighted by atomic mass is 16.6. The van der Waals surface area contributed by atoms with Crippen LogP contribution in [0.4, 0.5) is 9.59 Å². The molecule has 0 radical (unpaired) electrons. The number of amides is 4. The van der Waals surface area contributed by atoms with Crippen LogP contribution in [-0.2, 0) is 19.1 Å². The molecule has 0 saturated carbocycles. The number of ether oxygens (including phenoxy) is 2. The second-order valence-electron chi connectivity index (χ2n) is 9.32. The number of unbranched alkanes of at least 4 members (excludes halogenated alkanes) is 1. The monoisotopic (exact) mass is 413 g/mol. The zero-order chi connectivity index (χ0) is 22.2. The average Bonchev–Trinajstić information content (AvgIpc) is 2.80. The first kappa shape index (κ1) is 24.7. The minimum atomic E-state index is -0.632. The molecular formula is C20H35N3O6. The lowest BCUT2D eigenvalue weighted by atomic mass is 9.95. The van der Waals surface area contributed by atoms with E-state index in [0.717, 1.165) is 0 Å². The number of hydrogen-bond acceptors (Lipinski definition) is 6. The Bertz CT molecular complexity index is 606. The molecular weight excluding hydrogens is 378 g/mol. The number of carbonyl (C=O) groups excluding carboxylic acids is 4. The van der Waals surface area contributed by atoms with E-state index in [4.69, 9.17) is 9.47 Å². The number of imide groups is 1. The molecule has 0 aromatic heterocycles. The molecule has 3 N–H and O–H groups in total. The smallest absolute Gasteiger partial charge is 0.407 e. The van der Waals surface area contributed by atoms with E-state index in [-0.39, 0.29) is 24.3 Å². The van der Waals surface area contributed by atoms with Crippen molar-refractivity contribution < 1.29 is 28.7 Å². The molecule has 1 rings (SSSR count). The van der Waals surface area contributed by atoms with Crippen LogP contribution in [0.3, 0.4) is 0 Å². The van der Waals surface area contributed by atoms with Crippen LogP contribution in [0.1, 0.15) is 73.6 Å². The summed E-state index contributed by atoms with van der Waals surface area (Å²) < 4.78 is 10.5. The second kappa shape index (κ2) is 10.5. The van der Waals surface area contributed by atoms with Crippen LogP contribution < -0.4 is 16.0 Å². The Morgan fingerprint density at radius 1 is 1.03 bits per heavy atom. The molecule has 9 nitrogen and oxygen atoms in total. The summed E-state index contributed by atoms with van der Waals surface area (Å²) in [6, 6.07) is -0.312.